The maximum absolute atomic E-state index is 5.91. The fraction of sp³-hybridized carbons (Fsp3) is 0.154. The number of aromatic nitrogens is 1. The van der Waals surface area contributed by atoms with Crippen LogP contribution < -0.4 is 10.5 Å². The Hall–Kier alpha value is -1.26. The predicted octanol–water partition coefficient (Wildman–Crippen LogP) is 3.97. The Kier molecular flexibility index (Phi) is 4.09. The van der Waals surface area contributed by atoms with Gasteiger partial charge in [0.05, 0.1) is 16.4 Å². The fourth-order valence-electron chi connectivity index (χ4n) is 1.45. The molecule has 0 saturated carbocycles. The molecule has 2 N–H and O–H groups in total. The third-order valence-electron chi connectivity index (χ3n) is 2.54. The van der Waals surface area contributed by atoms with Crippen LogP contribution in [-0.4, -0.2) is 4.98 Å². The summed E-state index contributed by atoms with van der Waals surface area (Å²) in [5.41, 5.74) is 8.30. The highest BCUT2D eigenvalue weighted by Gasteiger charge is 2.08. The monoisotopic (exact) mass is 326 g/mol. The van der Waals surface area contributed by atoms with Crippen LogP contribution in [0.2, 0.25) is 5.02 Å². The molecule has 0 unspecified atom stereocenters. The van der Waals surface area contributed by atoms with Gasteiger partial charge in [0.25, 0.3) is 0 Å². The van der Waals surface area contributed by atoms with Gasteiger partial charge in [0.15, 0.2) is 0 Å². The molecule has 0 atom stereocenters. The van der Waals surface area contributed by atoms with E-state index >= 15 is 0 Å². The van der Waals surface area contributed by atoms with E-state index in [2.05, 4.69) is 20.9 Å². The maximum atomic E-state index is 5.91. The summed E-state index contributed by atoms with van der Waals surface area (Å²) < 4.78 is 6.42. The molecule has 0 saturated heterocycles. The molecule has 0 bridgehead atoms. The SMILES string of the molecule is Cc1c(N)cnc(OCc2cccc(Cl)c2)c1Br. The Bertz CT molecular complexity index is 575. The van der Waals surface area contributed by atoms with Gasteiger partial charge in [0, 0.05) is 5.02 Å². The van der Waals surface area contributed by atoms with Crippen molar-refractivity contribution in [1.29, 1.82) is 0 Å². The first-order valence-corrected chi connectivity index (χ1v) is 6.53. The second kappa shape index (κ2) is 5.59. The summed E-state index contributed by atoms with van der Waals surface area (Å²) in [5.74, 6) is 0.529. The number of nitrogens with zero attached hydrogens (tertiary/aromatic N) is 1. The van der Waals surface area contributed by atoms with E-state index in [-0.39, 0.29) is 0 Å². The molecular weight excluding hydrogens is 316 g/mol. The molecule has 94 valence electrons. The number of nitrogens with two attached hydrogens (primary N) is 1. The minimum Gasteiger partial charge on any atom is -0.472 e. The Morgan fingerprint density at radius 1 is 1.44 bits per heavy atom. The topological polar surface area (TPSA) is 48.1 Å². The van der Waals surface area contributed by atoms with Gasteiger partial charge in [-0.1, -0.05) is 23.7 Å². The molecule has 0 aliphatic carbocycles. The Balaban J connectivity index is 2.14. The Morgan fingerprint density at radius 2 is 2.22 bits per heavy atom. The van der Waals surface area contributed by atoms with Gasteiger partial charge in [0.2, 0.25) is 5.88 Å². The average Bonchev–Trinajstić information content (AvgIpc) is 2.35. The first-order chi connectivity index (χ1) is 8.58. The second-order valence-corrected chi connectivity index (χ2v) is 5.11. The van der Waals surface area contributed by atoms with Crippen molar-refractivity contribution in [3.63, 3.8) is 0 Å². The second-order valence-electron chi connectivity index (χ2n) is 3.88. The van der Waals surface area contributed by atoms with E-state index in [4.69, 9.17) is 22.1 Å². The molecular formula is C13H12BrClN2O. The summed E-state index contributed by atoms with van der Waals surface area (Å²) in [6.45, 7) is 2.32. The summed E-state index contributed by atoms with van der Waals surface area (Å²) >= 11 is 9.33. The largest absolute Gasteiger partial charge is 0.472 e. The molecule has 5 heteroatoms. The number of hydrogen-bond acceptors (Lipinski definition) is 3. The van der Waals surface area contributed by atoms with Crippen molar-refractivity contribution in [3.05, 3.63) is 51.1 Å². The summed E-state index contributed by atoms with van der Waals surface area (Å²) in [5, 5.41) is 0.691. The van der Waals surface area contributed by atoms with Crippen molar-refractivity contribution in [2.24, 2.45) is 0 Å². The van der Waals surface area contributed by atoms with Crippen LogP contribution in [0.1, 0.15) is 11.1 Å². The lowest BCUT2D eigenvalue weighted by Gasteiger charge is -2.10. The van der Waals surface area contributed by atoms with E-state index in [0.29, 0.717) is 23.2 Å². The van der Waals surface area contributed by atoms with Crippen LogP contribution in [0.5, 0.6) is 5.88 Å². The lowest BCUT2D eigenvalue weighted by Crippen LogP contribution is -2.01. The van der Waals surface area contributed by atoms with Crippen molar-refractivity contribution in [2.75, 3.05) is 5.73 Å². The molecule has 3 nitrogen and oxygen atoms in total. The highest BCUT2D eigenvalue weighted by atomic mass is 79.9. The Labute approximate surface area is 119 Å². The predicted molar refractivity (Wildman–Crippen MR) is 76.9 cm³/mol. The zero-order valence-electron chi connectivity index (χ0n) is 9.78. The van der Waals surface area contributed by atoms with Crippen molar-refractivity contribution < 1.29 is 4.74 Å². The zero-order chi connectivity index (χ0) is 13.1. The number of rotatable bonds is 3. The quantitative estimate of drug-likeness (QED) is 0.928. The van der Waals surface area contributed by atoms with Gasteiger partial charge in [-0.05, 0) is 46.1 Å². The smallest absolute Gasteiger partial charge is 0.228 e. The number of benzene rings is 1. The van der Waals surface area contributed by atoms with Gasteiger partial charge in [-0.2, -0.15) is 0 Å². The number of hydrogen-bond donors (Lipinski definition) is 1. The van der Waals surface area contributed by atoms with Crippen LogP contribution in [0.15, 0.2) is 34.9 Å². The molecule has 1 aromatic carbocycles. The molecule has 0 aliphatic rings. The highest BCUT2D eigenvalue weighted by molar-refractivity contribution is 9.10. The number of halogens is 2. The van der Waals surface area contributed by atoms with Crippen molar-refractivity contribution in [3.8, 4) is 5.88 Å². The minimum absolute atomic E-state index is 0.412. The van der Waals surface area contributed by atoms with E-state index in [1.165, 1.54) is 0 Å². The summed E-state index contributed by atoms with van der Waals surface area (Å²) in [4.78, 5) is 4.15. The van der Waals surface area contributed by atoms with Crippen LogP contribution in [0.3, 0.4) is 0 Å². The Morgan fingerprint density at radius 3 is 2.94 bits per heavy atom. The molecule has 2 aromatic rings. The van der Waals surface area contributed by atoms with Gasteiger partial charge in [-0.25, -0.2) is 4.98 Å². The number of nitrogen functional groups attached to an aromatic ring is 1. The van der Waals surface area contributed by atoms with Crippen LogP contribution >= 0.6 is 27.5 Å². The van der Waals surface area contributed by atoms with Crippen LogP contribution in [-0.2, 0) is 6.61 Å². The highest BCUT2D eigenvalue weighted by Crippen LogP contribution is 2.29. The van der Waals surface area contributed by atoms with Gasteiger partial charge in [-0.15, -0.1) is 0 Å². The summed E-state index contributed by atoms with van der Waals surface area (Å²) in [7, 11) is 0. The van der Waals surface area contributed by atoms with Crippen LogP contribution in [0.25, 0.3) is 0 Å². The van der Waals surface area contributed by atoms with Crippen LogP contribution in [0.4, 0.5) is 5.69 Å². The summed E-state index contributed by atoms with van der Waals surface area (Å²) in [6.07, 6.45) is 1.59. The average molecular weight is 328 g/mol. The lowest BCUT2D eigenvalue weighted by molar-refractivity contribution is 0.291. The van der Waals surface area contributed by atoms with E-state index in [1.54, 1.807) is 6.20 Å². The van der Waals surface area contributed by atoms with E-state index < -0.39 is 0 Å². The van der Waals surface area contributed by atoms with E-state index in [9.17, 15) is 0 Å². The zero-order valence-corrected chi connectivity index (χ0v) is 12.1. The molecule has 0 fully saturated rings. The van der Waals surface area contributed by atoms with Gasteiger partial charge >= 0.3 is 0 Å². The molecule has 0 aliphatic heterocycles. The molecule has 0 radical (unpaired) electrons. The number of anilines is 1. The van der Waals surface area contributed by atoms with E-state index in [1.807, 2.05) is 31.2 Å². The minimum atomic E-state index is 0.412. The van der Waals surface area contributed by atoms with Crippen LogP contribution in [0, 0.1) is 6.92 Å². The number of pyridine rings is 1. The van der Waals surface area contributed by atoms with Gasteiger partial charge in [-0.3, -0.25) is 0 Å². The first kappa shape index (κ1) is 13.2. The standard InChI is InChI=1S/C13H12BrClN2O/c1-8-11(16)6-17-13(12(8)14)18-7-9-3-2-4-10(15)5-9/h2-6H,7,16H2,1H3. The normalized spacial score (nSPS) is 10.4. The molecule has 2 rings (SSSR count). The molecule has 0 spiro atoms. The lowest BCUT2D eigenvalue weighted by atomic mass is 10.2. The molecule has 1 aromatic heterocycles. The summed E-state index contributed by atoms with van der Waals surface area (Å²) in [6, 6.07) is 7.52. The molecule has 0 amide bonds. The van der Waals surface area contributed by atoms with Gasteiger partial charge in [0.1, 0.15) is 6.61 Å². The fourth-order valence-corrected chi connectivity index (χ4v) is 2.11. The van der Waals surface area contributed by atoms with Crippen molar-refractivity contribution in [2.45, 2.75) is 13.5 Å². The van der Waals surface area contributed by atoms with Gasteiger partial charge < -0.3 is 10.5 Å². The van der Waals surface area contributed by atoms with E-state index in [0.717, 1.165) is 15.6 Å². The first-order valence-electron chi connectivity index (χ1n) is 5.35. The third-order valence-corrected chi connectivity index (χ3v) is 3.70. The molecule has 1 heterocycles. The van der Waals surface area contributed by atoms with Crippen molar-refractivity contribution >= 4 is 33.2 Å². The van der Waals surface area contributed by atoms with Crippen molar-refractivity contribution in [1.82, 2.24) is 4.98 Å². The third kappa shape index (κ3) is 2.94. The maximum Gasteiger partial charge on any atom is 0.228 e. The molecule has 18 heavy (non-hydrogen) atoms. The number of ether oxygens (including phenoxy) is 1.